The van der Waals surface area contributed by atoms with Gasteiger partial charge in [0.05, 0.1) is 14.2 Å². The Morgan fingerprint density at radius 3 is 2.47 bits per heavy atom. The highest BCUT2D eigenvalue weighted by molar-refractivity contribution is 5.96. The van der Waals surface area contributed by atoms with Crippen LogP contribution in [0.3, 0.4) is 0 Å². The average molecular weight is 268 g/mol. The zero-order valence-corrected chi connectivity index (χ0v) is 10.3. The van der Waals surface area contributed by atoms with Crippen molar-refractivity contribution in [2.75, 3.05) is 14.2 Å². The zero-order chi connectivity index (χ0) is 14.4. The third kappa shape index (κ3) is 3.95. The van der Waals surface area contributed by atoms with Crippen molar-refractivity contribution in [1.29, 1.82) is 0 Å². The molecule has 8 nitrogen and oxygen atoms in total. The Hall–Kier alpha value is -2.64. The van der Waals surface area contributed by atoms with Crippen LogP contribution in [0, 0.1) is 0 Å². The molecular weight excluding hydrogens is 256 g/mol. The Morgan fingerprint density at radius 2 is 1.95 bits per heavy atom. The first kappa shape index (κ1) is 14.4. The number of H-pyrrole nitrogens is 2. The van der Waals surface area contributed by atoms with Crippen molar-refractivity contribution in [3.63, 3.8) is 0 Å². The minimum absolute atomic E-state index is 0.0631. The lowest BCUT2D eigenvalue weighted by Gasteiger charge is -2.04. The third-order valence-corrected chi connectivity index (χ3v) is 2.22. The molecule has 0 unspecified atom stereocenters. The molecule has 0 radical (unpaired) electrons. The molecule has 0 saturated heterocycles. The first-order chi connectivity index (χ1) is 8.97. The summed E-state index contributed by atoms with van der Waals surface area (Å²) in [5.41, 5.74) is -1.26. The number of hydrogen-bond acceptors (Lipinski definition) is 6. The van der Waals surface area contributed by atoms with E-state index in [9.17, 15) is 19.2 Å². The van der Waals surface area contributed by atoms with E-state index in [-0.39, 0.29) is 17.6 Å². The first-order valence-electron chi connectivity index (χ1n) is 5.15. The van der Waals surface area contributed by atoms with Crippen molar-refractivity contribution in [1.82, 2.24) is 9.97 Å². The van der Waals surface area contributed by atoms with E-state index in [1.54, 1.807) is 0 Å². The number of carbonyl (C=O) groups is 2. The molecule has 0 atom stereocenters. The van der Waals surface area contributed by atoms with Gasteiger partial charge < -0.3 is 14.5 Å². The van der Waals surface area contributed by atoms with E-state index in [4.69, 9.17) is 0 Å². The maximum atomic E-state index is 11.5. The van der Waals surface area contributed by atoms with E-state index in [1.165, 1.54) is 0 Å². The normalized spacial score (nSPS) is 10.9. The van der Waals surface area contributed by atoms with Crippen LogP contribution in [0.4, 0.5) is 0 Å². The molecule has 0 amide bonds. The highest BCUT2D eigenvalue weighted by Gasteiger charge is 2.15. The number of esters is 2. The lowest BCUT2D eigenvalue weighted by Crippen LogP contribution is -2.25. The number of rotatable bonds is 4. The minimum atomic E-state index is -0.768. The van der Waals surface area contributed by atoms with Gasteiger partial charge in [-0.3, -0.25) is 9.78 Å². The van der Waals surface area contributed by atoms with Crippen LogP contribution in [0.5, 0.6) is 0 Å². The second-order valence-corrected chi connectivity index (χ2v) is 3.46. The number of aromatic nitrogens is 2. The molecule has 0 aromatic carbocycles. The van der Waals surface area contributed by atoms with E-state index in [2.05, 4.69) is 14.5 Å². The number of nitrogens with one attached hydrogen (secondary N) is 2. The Morgan fingerprint density at radius 1 is 1.26 bits per heavy atom. The molecule has 1 aromatic heterocycles. The summed E-state index contributed by atoms with van der Waals surface area (Å²) in [4.78, 5) is 49.2. The molecule has 19 heavy (non-hydrogen) atoms. The van der Waals surface area contributed by atoms with Gasteiger partial charge in [-0.25, -0.2) is 14.4 Å². The van der Waals surface area contributed by atoms with E-state index >= 15 is 0 Å². The van der Waals surface area contributed by atoms with Crippen LogP contribution in [0.1, 0.15) is 5.56 Å². The summed E-state index contributed by atoms with van der Waals surface area (Å²) in [6.07, 6.45) is 1.92. The van der Waals surface area contributed by atoms with E-state index in [0.29, 0.717) is 0 Å². The Kier molecular flexibility index (Phi) is 4.81. The molecule has 0 aliphatic carbocycles. The number of methoxy groups -OCH3 is 2. The van der Waals surface area contributed by atoms with Gasteiger partial charge in [0.25, 0.3) is 5.56 Å². The molecule has 0 saturated carbocycles. The summed E-state index contributed by atoms with van der Waals surface area (Å²) in [5.74, 6) is -1.52. The Balaban J connectivity index is 3.11. The van der Waals surface area contributed by atoms with Crippen molar-refractivity contribution in [3.05, 3.63) is 44.2 Å². The maximum Gasteiger partial charge on any atom is 0.334 e. The number of ether oxygens (including phenoxy) is 2. The van der Waals surface area contributed by atoms with Gasteiger partial charge in [0, 0.05) is 29.8 Å². The molecule has 0 aliphatic heterocycles. The molecule has 0 spiro atoms. The van der Waals surface area contributed by atoms with Gasteiger partial charge in [0.15, 0.2) is 0 Å². The molecule has 102 valence electrons. The van der Waals surface area contributed by atoms with Crippen LogP contribution in [-0.4, -0.2) is 36.1 Å². The lowest BCUT2D eigenvalue weighted by molar-refractivity contribution is -0.138. The Labute approximate surface area is 107 Å². The van der Waals surface area contributed by atoms with Crippen LogP contribution in [0.15, 0.2) is 27.4 Å². The van der Waals surface area contributed by atoms with Crippen molar-refractivity contribution in [3.8, 4) is 0 Å². The van der Waals surface area contributed by atoms with Gasteiger partial charge in [-0.2, -0.15) is 0 Å². The molecule has 0 fully saturated rings. The minimum Gasteiger partial charge on any atom is -0.466 e. The van der Waals surface area contributed by atoms with Crippen molar-refractivity contribution in [2.45, 2.75) is 6.42 Å². The summed E-state index contributed by atoms with van der Waals surface area (Å²) >= 11 is 0. The summed E-state index contributed by atoms with van der Waals surface area (Å²) in [7, 11) is 2.30. The molecule has 1 heterocycles. The second kappa shape index (κ2) is 6.34. The monoisotopic (exact) mass is 268 g/mol. The van der Waals surface area contributed by atoms with Gasteiger partial charge in [-0.05, 0) is 0 Å². The van der Waals surface area contributed by atoms with Crippen LogP contribution in [-0.2, 0) is 25.5 Å². The summed E-state index contributed by atoms with van der Waals surface area (Å²) in [6.45, 7) is 0. The number of carbonyl (C=O) groups excluding carboxylic acids is 2. The third-order valence-electron chi connectivity index (χ3n) is 2.22. The average Bonchev–Trinajstić information content (AvgIpc) is 2.39. The van der Waals surface area contributed by atoms with Gasteiger partial charge >= 0.3 is 17.6 Å². The summed E-state index contributed by atoms with van der Waals surface area (Å²) in [5, 5.41) is 0. The largest absolute Gasteiger partial charge is 0.466 e. The number of hydrogen-bond donors (Lipinski definition) is 2. The highest BCUT2D eigenvalue weighted by Crippen LogP contribution is 2.05. The molecule has 0 aliphatic rings. The van der Waals surface area contributed by atoms with Crippen LogP contribution >= 0.6 is 0 Å². The highest BCUT2D eigenvalue weighted by atomic mass is 16.5. The molecule has 1 rings (SSSR count). The quantitative estimate of drug-likeness (QED) is 0.527. The van der Waals surface area contributed by atoms with Crippen LogP contribution in [0.2, 0.25) is 0 Å². The smallest absolute Gasteiger partial charge is 0.334 e. The van der Waals surface area contributed by atoms with Gasteiger partial charge in [-0.1, -0.05) is 0 Å². The topological polar surface area (TPSA) is 118 Å². The lowest BCUT2D eigenvalue weighted by atomic mass is 10.1. The van der Waals surface area contributed by atoms with E-state index < -0.39 is 23.2 Å². The maximum absolute atomic E-state index is 11.5. The van der Waals surface area contributed by atoms with E-state index in [1.807, 2.05) is 4.98 Å². The fourth-order valence-corrected chi connectivity index (χ4v) is 1.29. The van der Waals surface area contributed by atoms with Gasteiger partial charge in [-0.15, -0.1) is 0 Å². The van der Waals surface area contributed by atoms with Gasteiger partial charge in [0.1, 0.15) is 0 Å². The van der Waals surface area contributed by atoms with Crippen LogP contribution in [0.25, 0.3) is 0 Å². The summed E-state index contributed by atoms with van der Waals surface area (Å²) < 4.78 is 8.89. The van der Waals surface area contributed by atoms with Crippen molar-refractivity contribution >= 4 is 11.9 Å². The molecule has 2 N–H and O–H groups in total. The fourth-order valence-electron chi connectivity index (χ4n) is 1.29. The van der Waals surface area contributed by atoms with Crippen molar-refractivity contribution < 1.29 is 19.1 Å². The Bertz CT molecular complexity index is 625. The first-order valence-corrected chi connectivity index (χ1v) is 5.15. The molecule has 8 heteroatoms. The van der Waals surface area contributed by atoms with Gasteiger partial charge in [0.2, 0.25) is 0 Å². The predicted molar refractivity (Wildman–Crippen MR) is 63.5 cm³/mol. The molecule has 0 bridgehead atoms. The predicted octanol–water partition coefficient (Wildman–Crippen LogP) is -1.12. The second-order valence-electron chi connectivity index (χ2n) is 3.46. The summed E-state index contributed by atoms with van der Waals surface area (Å²) in [6, 6.07) is 0. The van der Waals surface area contributed by atoms with E-state index in [0.717, 1.165) is 26.5 Å². The van der Waals surface area contributed by atoms with Crippen LogP contribution < -0.4 is 11.2 Å². The fraction of sp³-hybridized carbons (Fsp3) is 0.273. The zero-order valence-electron chi connectivity index (χ0n) is 10.3. The number of aromatic amines is 2. The molecular formula is C11H12N2O6. The SMILES string of the molecule is COC(=O)/C=C(/Cc1c[nH]c(=O)[nH]c1=O)C(=O)OC. The standard InChI is InChI=1S/C11H12N2O6/c1-18-8(14)4-6(10(16)19-2)3-7-5-12-11(17)13-9(7)15/h4-5H,3H2,1-2H3,(H2,12,13,15,17)/b6-4-. The molecule has 1 aromatic rings. The van der Waals surface area contributed by atoms with Crippen molar-refractivity contribution in [2.24, 2.45) is 0 Å².